The third kappa shape index (κ3) is 4.67. The van der Waals surface area contributed by atoms with Gasteiger partial charge in [0, 0.05) is 25.0 Å². The van der Waals surface area contributed by atoms with Crippen LogP contribution in [0, 0.1) is 18.7 Å². The van der Waals surface area contributed by atoms with Gasteiger partial charge in [0.1, 0.15) is 11.8 Å². The molecule has 11 heteroatoms. The van der Waals surface area contributed by atoms with E-state index >= 15 is 0 Å². The van der Waals surface area contributed by atoms with E-state index in [1.54, 1.807) is 17.2 Å². The standard InChI is InChI=1S/C24H21F4N5O2/c1-13-6-17(21(30-8-13)22-31-10-16(25)11-32-22)23(34)33-12-14-2-4-18(33)19(7-14)35-20-5-3-15(9-29-20)24(26,27)28/h3,5-6,8-11,14,18-19H,2,4,7,12H2,1H3. The summed E-state index contributed by atoms with van der Waals surface area (Å²) in [5.74, 6) is -0.461. The number of amides is 1. The van der Waals surface area contributed by atoms with Crippen molar-refractivity contribution in [2.45, 2.75) is 44.5 Å². The van der Waals surface area contributed by atoms with E-state index in [-0.39, 0.29) is 35.3 Å². The molecule has 3 atom stereocenters. The molecule has 2 saturated heterocycles. The predicted octanol–water partition coefficient (Wildman–Crippen LogP) is 4.47. The van der Waals surface area contributed by atoms with Crippen LogP contribution in [0.2, 0.25) is 0 Å². The molecule has 35 heavy (non-hydrogen) atoms. The van der Waals surface area contributed by atoms with E-state index in [1.165, 1.54) is 6.07 Å². The van der Waals surface area contributed by atoms with E-state index in [2.05, 4.69) is 19.9 Å². The van der Waals surface area contributed by atoms with E-state index in [0.29, 0.717) is 24.9 Å². The van der Waals surface area contributed by atoms with E-state index in [0.717, 1.165) is 36.6 Å². The molecule has 3 aliphatic rings. The molecule has 2 aliphatic heterocycles. The third-order valence-electron chi connectivity index (χ3n) is 6.40. The molecule has 1 amide bonds. The van der Waals surface area contributed by atoms with Crippen molar-refractivity contribution in [2.24, 2.45) is 5.92 Å². The molecule has 2 bridgehead atoms. The topological polar surface area (TPSA) is 81.1 Å². The molecule has 3 aromatic rings. The van der Waals surface area contributed by atoms with Crippen LogP contribution < -0.4 is 4.74 Å². The van der Waals surface area contributed by atoms with Crippen LogP contribution in [0.3, 0.4) is 0 Å². The fourth-order valence-corrected chi connectivity index (χ4v) is 4.76. The average Bonchev–Trinajstić information content (AvgIpc) is 2.84. The lowest BCUT2D eigenvalue weighted by atomic mass is 9.77. The number of carbonyl (C=O) groups is 1. The quantitative estimate of drug-likeness (QED) is 0.505. The maximum absolute atomic E-state index is 13.7. The number of carbonyl (C=O) groups excluding carboxylic acids is 1. The highest BCUT2D eigenvalue weighted by Gasteiger charge is 2.45. The molecule has 0 spiro atoms. The van der Waals surface area contributed by atoms with Crippen LogP contribution >= 0.6 is 0 Å². The van der Waals surface area contributed by atoms with Crippen molar-refractivity contribution in [2.75, 3.05) is 6.54 Å². The van der Waals surface area contributed by atoms with Crippen LogP contribution in [-0.4, -0.2) is 49.4 Å². The normalized spacial score (nSPS) is 21.7. The van der Waals surface area contributed by atoms with E-state index in [9.17, 15) is 22.4 Å². The number of rotatable bonds is 4. The number of alkyl halides is 3. The molecule has 3 fully saturated rings. The van der Waals surface area contributed by atoms with Gasteiger partial charge in [-0.1, -0.05) is 0 Å². The Hall–Kier alpha value is -3.63. The Morgan fingerprint density at radius 2 is 1.83 bits per heavy atom. The summed E-state index contributed by atoms with van der Waals surface area (Å²) >= 11 is 0. The third-order valence-corrected chi connectivity index (χ3v) is 6.40. The summed E-state index contributed by atoms with van der Waals surface area (Å²) in [5.41, 5.74) is 0.469. The summed E-state index contributed by atoms with van der Waals surface area (Å²) < 4.78 is 57.8. The highest BCUT2D eigenvalue weighted by Crippen LogP contribution is 2.39. The van der Waals surface area contributed by atoms with Gasteiger partial charge >= 0.3 is 6.18 Å². The van der Waals surface area contributed by atoms with E-state index < -0.39 is 23.7 Å². The van der Waals surface area contributed by atoms with Gasteiger partial charge in [0.2, 0.25) is 5.88 Å². The second kappa shape index (κ2) is 8.86. The Balaban J connectivity index is 1.40. The molecule has 5 heterocycles. The first-order valence-electron chi connectivity index (χ1n) is 11.1. The zero-order chi connectivity index (χ0) is 24.7. The Morgan fingerprint density at radius 3 is 2.49 bits per heavy atom. The largest absolute Gasteiger partial charge is 0.472 e. The number of aryl methyl sites for hydroxylation is 1. The minimum absolute atomic E-state index is 0.0839. The fourth-order valence-electron chi connectivity index (χ4n) is 4.76. The second-order valence-corrected chi connectivity index (χ2v) is 8.88. The molecule has 3 unspecified atom stereocenters. The van der Waals surface area contributed by atoms with Crippen molar-refractivity contribution in [1.82, 2.24) is 24.8 Å². The summed E-state index contributed by atoms with van der Waals surface area (Å²) in [6, 6.07) is 3.55. The zero-order valence-corrected chi connectivity index (χ0v) is 18.7. The van der Waals surface area contributed by atoms with E-state index in [1.807, 2.05) is 6.92 Å². The fraction of sp³-hybridized carbons (Fsp3) is 0.375. The Morgan fingerprint density at radius 1 is 1.06 bits per heavy atom. The zero-order valence-electron chi connectivity index (χ0n) is 18.7. The Bertz CT molecular complexity index is 1230. The van der Waals surface area contributed by atoms with Crippen molar-refractivity contribution in [3.8, 4) is 17.4 Å². The van der Waals surface area contributed by atoms with Crippen molar-refractivity contribution in [3.63, 3.8) is 0 Å². The average molecular weight is 487 g/mol. The summed E-state index contributed by atoms with van der Waals surface area (Å²) in [6.07, 6.45) is 1.78. The monoisotopic (exact) mass is 487 g/mol. The predicted molar refractivity (Wildman–Crippen MR) is 116 cm³/mol. The highest BCUT2D eigenvalue weighted by molar-refractivity contribution is 5.99. The Kier molecular flexibility index (Phi) is 5.86. The minimum Gasteiger partial charge on any atom is -0.472 e. The van der Waals surface area contributed by atoms with Crippen LogP contribution in [-0.2, 0) is 6.18 Å². The lowest BCUT2D eigenvalue weighted by Gasteiger charge is -2.49. The highest BCUT2D eigenvalue weighted by atomic mass is 19.4. The number of nitrogens with zero attached hydrogens (tertiary/aromatic N) is 5. The van der Waals surface area contributed by atoms with Crippen molar-refractivity contribution >= 4 is 5.91 Å². The minimum atomic E-state index is -4.48. The lowest BCUT2D eigenvalue weighted by molar-refractivity contribution is -0.137. The first kappa shape index (κ1) is 23.1. The number of halogens is 4. The maximum atomic E-state index is 13.7. The molecule has 6 rings (SSSR count). The summed E-state index contributed by atoms with van der Waals surface area (Å²) in [6.45, 7) is 2.34. The number of hydrogen-bond donors (Lipinski definition) is 0. The van der Waals surface area contributed by atoms with Gasteiger partial charge in [0.05, 0.1) is 29.6 Å². The van der Waals surface area contributed by atoms with Crippen LogP contribution in [0.4, 0.5) is 17.6 Å². The van der Waals surface area contributed by atoms with Crippen LogP contribution in [0.1, 0.15) is 40.7 Å². The number of hydrogen-bond acceptors (Lipinski definition) is 6. The van der Waals surface area contributed by atoms with E-state index in [4.69, 9.17) is 4.74 Å². The molecular weight excluding hydrogens is 466 g/mol. The van der Waals surface area contributed by atoms with Crippen LogP contribution in [0.5, 0.6) is 5.88 Å². The molecule has 0 aromatic carbocycles. The second-order valence-electron chi connectivity index (χ2n) is 8.88. The molecule has 0 N–H and O–H groups in total. The van der Waals surface area contributed by atoms with Gasteiger partial charge in [0.25, 0.3) is 5.91 Å². The summed E-state index contributed by atoms with van der Waals surface area (Å²) in [4.78, 5) is 31.6. The molecule has 1 aliphatic carbocycles. The lowest BCUT2D eigenvalue weighted by Crippen LogP contribution is -2.59. The summed E-state index contributed by atoms with van der Waals surface area (Å²) in [7, 11) is 0. The van der Waals surface area contributed by atoms with Crippen LogP contribution in [0.15, 0.2) is 43.0 Å². The molecule has 182 valence electrons. The van der Waals surface area contributed by atoms with Gasteiger partial charge in [-0.3, -0.25) is 9.78 Å². The van der Waals surface area contributed by atoms with Crippen LogP contribution in [0.25, 0.3) is 11.5 Å². The molecular formula is C24H21F4N5O2. The smallest absolute Gasteiger partial charge is 0.417 e. The number of piperidine rings is 2. The van der Waals surface area contributed by atoms with Gasteiger partial charge in [-0.25, -0.2) is 19.3 Å². The van der Waals surface area contributed by atoms with Gasteiger partial charge in [-0.2, -0.15) is 13.2 Å². The number of ether oxygens (including phenoxy) is 1. The van der Waals surface area contributed by atoms with Gasteiger partial charge in [-0.05, 0) is 49.8 Å². The number of aromatic nitrogens is 4. The van der Waals surface area contributed by atoms with Gasteiger partial charge < -0.3 is 9.64 Å². The molecule has 1 saturated carbocycles. The van der Waals surface area contributed by atoms with Crippen molar-refractivity contribution in [1.29, 1.82) is 0 Å². The molecule has 7 nitrogen and oxygen atoms in total. The maximum Gasteiger partial charge on any atom is 0.417 e. The molecule has 3 aromatic heterocycles. The van der Waals surface area contributed by atoms with Gasteiger partial charge in [0.15, 0.2) is 11.6 Å². The SMILES string of the molecule is Cc1cnc(-c2ncc(F)cn2)c(C(=O)N2CC3CCC2C(Oc2ccc(C(F)(F)F)cn2)C3)c1. The van der Waals surface area contributed by atoms with Crippen molar-refractivity contribution in [3.05, 3.63) is 65.5 Å². The van der Waals surface area contributed by atoms with Crippen molar-refractivity contribution < 1.29 is 27.1 Å². The first-order chi connectivity index (χ1) is 16.7. The number of pyridine rings is 2. The first-order valence-corrected chi connectivity index (χ1v) is 11.1. The summed E-state index contributed by atoms with van der Waals surface area (Å²) in [5, 5.41) is 0. The molecule has 0 radical (unpaired) electrons. The van der Waals surface area contributed by atoms with Gasteiger partial charge in [-0.15, -0.1) is 0 Å². The Labute approximate surface area is 198 Å². The number of fused-ring (bicyclic) bond motifs is 3.